The van der Waals surface area contributed by atoms with Crippen molar-refractivity contribution in [3.05, 3.63) is 12.4 Å². The van der Waals surface area contributed by atoms with Gasteiger partial charge in [0.1, 0.15) is 0 Å². The molecular weight excluding hydrogens is 222 g/mol. The molecule has 1 atom stereocenters. The molecule has 1 fully saturated rings. The number of hydrogen-bond acceptors (Lipinski definition) is 4. The Labute approximate surface area is 100 Å². The van der Waals surface area contributed by atoms with Gasteiger partial charge in [-0.3, -0.25) is 0 Å². The van der Waals surface area contributed by atoms with Crippen molar-refractivity contribution >= 4 is 11.8 Å². The Morgan fingerprint density at radius 2 is 2.44 bits per heavy atom. The van der Waals surface area contributed by atoms with E-state index in [1.54, 1.807) is 18.0 Å². The van der Waals surface area contributed by atoms with Gasteiger partial charge in [-0.05, 0) is 25.8 Å². The van der Waals surface area contributed by atoms with E-state index >= 15 is 0 Å². The van der Waals surface area contributed by atoms with Crippen molar-refractivity contribution < 1.29 is 5.11 Å². The Kier molecular flexibility index (Phi) is 3.56. The number of rotatable bonds is 6. The van der Waals surface area contributed by atoms with Crippen LogP contribution in [0.4, 0.5) is 0 Å². The molecule has 0 radical (unpaired) electrons. The van der Waals surface area contributed by atoms with E-state index in [2.05, 4.69) is 10.3 Å². The Bertz CT molecular complexity index is 345. The monoisotopic (exact) mass is 241 g/mol. The Morgan fingerprint density at radius 1 is 1.69 bits per heavy atom. The molecule has 0 bridgehead atoms. The van der Waals surface area contributed by atoms with Crippen molar-refractivity contribution in [3.63, 3.8) is 0 Å². The summed E-state index contributed by atoms with van der Waals surface area (Å²) < 4.78 is 2.01. The van der Waals surface area contributed by atoms with Gasteiger partial charge in [0, 0.05) is 25.2 Å². The highest BCUT2D eigenvalue weighted by molar-refractivity contribution is 7.99. The molecule has 16 heavy (non-hydrogen) atoms. The van der Waals surface area contributed by atoms with E-state index in [4.69, 9.17) is 0 Å². The number of thioether (sulfide) groups is 1. The van der Waals surface area contributed by atoms with Crippen LogP contribution < -0.4 is 5.32 Å². The molecule has 90 valence electrons. The third kappa shape index (κ3) is 2.26. The lowest BCUT2D eigenvalue weighted by molar-refractivity contribution is 0.167. The van der Waals surface area contributed by atoms with Crippen molar-refractivity contribution in [1.82, 2.24) is 14.9 Å². The molecule has 1 aliphatic rings. The number of aliphatic hydroxyl groups is 1. The fourth-order valence-electron chi connectivity index (χ4n) is 1.97. The molecule has 4 nitrogen and oxygen atoms in total. The van der Waals surface area contributed by atoms with Crippen molar-refractivity contribution in [2.45, 2.75) is 23.5 Å². The van der Waals surface area contributed by atoms with Gasteiger partial charge in [0.25, 0.3) is 0 Å². The molecule has 2 rings (SSSR count). The Balaban J connectivity index is 1.99. The molecule has 1 heterocycles. The van der Waals surface area contributed by atoms with Crippen molar-refractivity contribution in [3.8, 4) is 0 Å². The Morgan fingerprint density at radius 3 is 2.88 bits per heavy atom. The lowest BCUT2D eigenvalue weighted by Gasteiger charge is -2.31. The highest BCUT2D eigenvalue weighted by Crippen LogP contribution is 2.41. The maximum Gasteiger partial charge on any atom is 0.167 e. The number of hydrogen-bond donors (Lipinski definition) is 2. The lowest BCUT2D eigenvalue weighted by atomic mass is 9.97. The summed E-state index contributed by atoms with van der Waals surface area (Å²) in [6.45, 7) is 0.200. The molecule has 1 saturated carbocycles. The summed E-state index contributed by atoms with van der Waals surface area (Å²) in [6.07, 6.45) is 6.20. The number of nitrogens with one attached hydrogen (secondary N) is 1. The average molecular weight is 241 g/mol. The minimum absolute atomic E-state index is 0.128. The van der Waals surface area contributed by atoms with Gasteiger partial charge < -0.3 is 15.0 Å². The standard InChI is InChI=1S/C11H19N3OS/c1-12-11(7-15,9-3-4-9)8-16-10-13-5-6-14(10)2/h5-6,9,12,15H,3-4,7-8H2,1-2H3. The number of nitrogens with zero attached hydrogens (tertiary/aromatic N) is 2. The van der Waals surface area contributed by atoms with Crippen LogP contribution in [-0.4, -0.2) is 39.6 Å². The normalized spacial score (nSPS) is 19.7. The first kappa shape index (κ1) is 12.0. The van der Waals surface area contributed by atoms with Crippen LogP contribution >= 0.6 is 11.8 Å². The number of likely N-dealkylation sites (N-methyl/N-ethyl adjacent to an activating group) is 1. The van der Waals surface area contributed by atoms with Crippen LogP contribution in [0.15, 0.2) is 17.6 Å². The van der Waals surface area contributed by atoms with Crippen LogP contribution in [-0.2, 0) is 7.05 Å². The van der Waals surface area contributed by atoms with E-state index in [1.165, 1.54) is 12.8 Å². The predicted molar refractivity (Wildman–Crippen MR) is 65.5 cm³/mol. The molecule has 2 N–H and O–H groups in total. The molecule has 0 spiro atoms. The fraction of sp³-hybridized carbons (Fsp3) is 0.727. The summed E-state index contributed by atoms with van der Waals surface area (Å²) in [4.78, 5) is 4.28. The highest BCUT2D eigenvalue weighted by atomic mass is 32.2. The van der Waals surface area contributed by atoms with Crippen molar-refractivity contribution in [1.29, 1.82) is 0 Å². The van der Waals surface area contributed by atoms with Crippen LogP contribution in [0.25, 0.3) is 0 Å². The summed E-state index contributed by atoms with van der Waals surface area (Å²) in [7, 11) is 3.93. The molecular formula is C11H19N3OS. The third-order valence-electron chi connectivity index (χ3n) is 3.37. The topological polar surface area (TPSA) is 50.1 Å². The van der Waals surface area contributed by atoms with Gasteiger partial charge >= 0.3 is 0 Å². The number of aliphatic hydroxyl groups excluding tert-OH is 1. The Hall–Kier alpha value is -0.520. The maximum atomic E-state index is 9.58. The van der Waals surface area contributed by atoms with Crippen molar-refractivity contribution in [2.75, 3.05) is 19.4 Å². The van der Waals surface area contributed by atoms with E-state index in [9.17, 15) is 5.11 Å². The highest BCUT2D eigenvalue weighted by Gasteiger charge is 2.43. The second-order valence-corrected chi connectivity index (χ2v) is 5.39. The van der Waals surface area contributed by atoms with Gasteiger partial charge in [-0.2, -0.15) is 0 Å². The molecule has 0 aromatic carbocycles. The molecule has 1 aromatic heterocycles. The van der Waals surface area contributed by atoms with Gasteiger partial charge in [0.05, 0.1) is 12.1 Å². The molecule has 0 aliphatic heterocycles. The van der Waals surface area contributed by atoms with Gasteiger partial charge in [-0.25, -0.2) is 4.98 Å². The summed E-state index contributed by atoms with van der Waals surface area (Å²) in [5.41, 5.74) is -0.128. The van der Waals surface area contributed by atoms with Gasteiger partial charge in [0.2, 0.25) is 0 Å². The maximum absolute atomic E-state index is 9.58. The first-order valence-corrected chi connectivity index (χ1v) is 6.60. The van der Waals surface area contributed by atoms with Gasteiger partial charge in [-0.15, -0.1) is 0 Å². The quantitative estimate of drug-likeness (QED) is 0.726. The van der Waals surface area contributed by atoms with Crippen LogP contribution in [0.1, 0.15) is 12.8 Å². The van der Waals surface area contributed by atoms with Crippen LogP contribution in [0, 0.1) is 5.92 Å². The average Bonchev–Trinajstić information content (AvgIpc) is 3.07. The third-order valence-corrected chi connectivity index (χ3v) is 4.69. The number of aromatic nitrogens is 2. The molecule has 1 aromatic rings. The second kappa shape index (κ2) is 4.77. The lowest BCUT2D eigenvalue weighted by Crippen LogP contribution is -2.51. The fourth-order valence-corrected chi connectivity index (χ4v) is 3.23. The minimum Gasteiger partial charge on any atom is -0.394 e. The van der Waals surface area contributed by atoms with E-state index in [-0.39, 0.29) is 12.1 Å². The molecule has 0 saturated heterocycles. The minimum atomic E-state index is -0.128. The van der Waals surface area contributed by atoms with E-state index < -0.39 is 0 Å². The first-order chi connectivity index (χ1) is 7.72. The second-order valence-electron chi connectivity index (χ2n) is 4.45. The summed E-state index contributed by atoms with van der Waals surface area (Å²) in [6, 6.07) is 0. The van der Waals surface area contributed by atoms with Crippen LogP contribution in [0.2, 0.25) is 0 Å². The molecule has 1 aliphatic carbocycles. The zero-order chi connectivity index (χ0) is 11.6. The molecule has 0 amide bonds. The van der Waals surface area contributed by atoms with E-state index in [0.717, 1.165) is 10.9 Å². The van der Waals surface area contributed by atoms with Crippen LogP contribution in [0.3, 0.4) is 0 Å². The first-order valence-electron chi connectivity index (χ1n) is 5.62. The molecule has 1 unspecified atom stereocenters. The summed E-state index contributed by atoms with van der Waals surface area (Å²) >= 11 is 1.71. The zero-order valence-corrected chi connectivity index (χ0v) is 10.6. The number of imidazole rings is 1. The van der Waals surface area contributed by atoms with E-state index in [0.29, 0.717) is 5.92 Å². The summed E-state index contributed by atoms with van der Waals surface area (Å²) in [5, 5.41) is 13.9. The largest absolute Gasteiger partial charge is 0.394 e. The SMILES string of the molecule is CNC(CO)(CSc1nccn1C)C1CC1. The zero-order valence-electron chi connectivity index (χ0n) is 9.81. The number of aryl methyl sites for hydroxylation is 1. The smallest absolute Gasteiger partial charge is 0.167 e. The van der Waals surface area contributed by atoms with E-state index in [1.807, 2.05) is 24.9 Å². The van der Waals surface area contributed by atoms with Crippen LogP contribution in [0.5, 0.6) is 0 Å². The summed E-state index contributed by atoms with van der Waals surface area (Å²) in [5.74, 6) is 1.49. The van der Waals surface area contributed by atoms with Gasteiger partial charge in [-0.1, -0.05) is 11.8 Å². The predicted octanol–water partition coefficient (Wildman–Crippen LogP) is 0.873. The molecule has 5 heteroatoms. The van der Waals surface area contributed by atoms with Gasteiger partial charge in [0.15, 0.2) is 5.16 Å². The van der Waals surface area contributed by atoms with Crippen molar-refractivity contribution in [2.24, 2.45) is 13.0 Å².